The number of fused-ring (bicyclic) bond motifs is 1. The number of carbonyl (C=O) groups is 2. The second-order valence-electron chi connectivity index (χ2n) is 5.16. The number of benzene rings is 2. The van der Waals surface area contributed by atoms with Crippen LogP contribution < -0.4 is 0 Å². The fourth-order valence-electron chi connectivity index (χ4n) is 2.57. The lowest BCUT2D eigenvalue weighted by atomic mass is 10.0. The molecule has 0 aromatic heterocycles. The first-order valence-electron chi connectivity index (χ1n) is 6.75. The lowest BCUT2D eigenvalue weighted by Gasteiger charge is -2.20. The van der Waals surface area contributed by atoms with Gasteiger partial charge in [0.1, 0.15) is 12.3 Å². The highest BCUT2D eigenvalue weighted by atomic mass is 32.2. The van der Waals surface area contributed by atoms with Crippen molar-refractivity contribution in [1.29, 1.82) is 0 Å². The maximum absolute atomic E-state index is 12.8. The summed E-state index contributed by atoms with van der Waals surface area (Å²) in [6.07, 6.45) is 0.834. The normalized spacial score (nSPS) is 16.7. The van der Waals surface area contributed by atoms with E-state index in [-0.39, 0.29) is 5.91 Å². The molecule has 0 fully saturated rings. The Morgan fingerprint density at radius 1 is 1.19 bits per heavy atom. The molecule has 1 aliphatic heterocycles. The zero-order valence-electron chi connectivity index (χ0n) is 11.9. The molecule has 0 bridgehead atoms. The summed E-state index contributed by atoms with van der Waals surface area (Å²) in [4.78, 5) is 25.2. The molecule has 21 heavy (non-hydrogen) atoms. The Labute approximate surface area is 128 Å². The van der Waals surface area contributed by atoms with Crippen LogP contribution in [-0.2, 0) is 4.79 Å². The fraction of sp³-hybridized carbons (Fsp3) is 0.176. The average molecular weight is 297 g/mol. The third kappa shape index (κ3) is 2.36. The number of rotatable bonds is 2. The molecule has 1 heterocycles. The minimum atomic E-state index is -0.514. The van der Waals surface area contributed by atoms with Gasteiger partial charge in [-0.15, -0.1) is 0 Å². The standard InChI is InChI=1S/C17H15NO2S/c1-11-7-8-13(12(2)9-11)17(20)18-15(10-19)14-5-3-4-6-16(14)21-18/h3-10,15H,1-2H3. The van der Waals surface area contributed by atoms with Crippen LogP contribution in [-0.4, -0.2) is 16.5 Å². The van der Waals surface area contributed by atoms with Gasteiger partial charge in [-0.2, -0.15) is 0 Å². The lowest BCUT2D eigenvalue weighted by Crippen LogP contribution is -2.26. The molecule has 0 spiro atoms. The van der Waals surface area contributed by atoms with Crippen molar-refractivity contribution in [1.82, 2.24) is 4.31 Å². The van der Waals surface area contributed by atoms with E-state index >= 15 is 0 Å². The largest absolute Gasteiger partial charge is 0.301 e. The van der Waals surface area contributed by atoms with Crippen LogP contribution in [0.25, 0.3) is 0 Å². The molecule has 0 N–H and O–H groups in total. The first kappa shape index (κ1) is 13.9. The Hall–Kier alpha value is -2.07. The Balaban J connectivity index is 1.98. The average Bonchev–Trinajstić information content (AvgIpc) is 2.85. The molecule has 0 saturated heterocycles. The van der Waals surface area contributed by atoms with Crippen molar-refractivity contribution in [2.45, 2.75) is 24.8 Å². The summed E-state index contributed by atoms with van der Waals surface area (Å²) in [5.41, 5.74) is 3.60. The first-order chi connectivity index (χ1) is 10.1. The number of aldehydes is 1. The summed E-state index contributed by atoms with van der Waals surface area (Å²) in [6, 6.07) is 12.9. The predicted molar refractivity (Wildman–Crippen MR) is 83.2 cm³/mol. The van der Waals surface area contributed by atoms with Crippen LogP contribution >= 0.6 is 11.9 Å². The highest BCUT2D eigenvalue weighted by Crippen LogP contribution is 2.44. The van der Waals surface area contributed by atoms with Crippen molar-refractivity contribution >= 4 is 24.1 Å². The van der Waals surface area contributed by atoms with E-state index in [0.717, 1.165) is 27.9 Å². The molecule has 0 aliphatic carbocycles. The highest BCUT2D eigenvalue weighted by Gasteiger charge is 2.35. The van der Waals surface area contributed by atoms with Crippen LogP contribution in [0.2, 0.25) is 0 Å². The first-order valence-corrected chi connectivity index (χ1v) is 7.52. The van der Waals surface area contributed by atoms with Crippen LogP contribution in [0, 0.1) is 13.8 Å². The maximum atomic E-state index is 12.8. The van der Waals surface area contributed by atoms with E-state index in [1.54, 1.807) is 4.31 Å². The van der Waals surface area contributed by atoms with Gasteiger partial charge in [0.25, 0.3) is 5.91 Å². The number of aryl methyl sites for hydroxylation is 2. The van der Waals surface area contributed by atoms with Crippen LogP contribution in [0.3, 0.4) is 0 Å². The van der Waals surface area contributed by atoms with Gasteiger partial charge >= 0.3 is 0 Å². The number of hydrogen-bond donors (Lipinski definition) is 0. The molecule has 2 aromatic rings. The van der Waals surface area contributed by atoms with Gasteiger partial charge in [0.15, 0.2) is 0 Å². The van der Waals surface area contributed by atoms with Gasteiger partial charge in [-0.1, -0.05) is 35.9 Å². The highest BCUT2D eigenvalue weighted by molar-refractivity contribution is 7.98. The molecule has 3 rings (SSSR count). The smallest absolute Gasteiger partial charge is 0.265 e. The summed E-state index contributed by atoms with van der Waals surface area (Å²) in [6.45, 7) is 3.92. The van der Waals surface area contributed by atoms with Gasteiger partial charge in [-0.25, -0.2) is 0 Å². The van der Waals surface area contributed by atoms with Gasteiger partial charge in [0.05, 0.1) is 0 Å². The molecule has 3 nitrogen and oxygen atoms in total. The molecule has 106 valence electrons. The molecular formula is C17H15NO2S. The molecule has 2 aromatic carbocycles. The van der Waals surface area contributed by atoms with Crippen molar-refractivity contribution in [3.8, 4) is 0 Å². The van der Waals surface area contributed by atoms with Crippen molar-refractivity contribution in [3.05, 3.63) is 64.7 Å². The van der Waals surface area contributed by atoms with E-state index in [9.17, 15) is 9.59 Å². The molecule has 1 unspecified atom stereocenters. The van der Waals surface area contributed by atoms with E-state index < -0.39 is 6.04 Å². The van der Waals surface area contributed by atoms with E-state index in [1.807, 2.05) is 56.3 Å². The van der Waals surface area contributed by atoms with Crippen molar-refractivity contribution < 1.29 is 9.59 Å². The van der Waals surface area contributed by atoms with Gasteiger partial charge in [0, 0.05) is 10.5 Å². The summed E-state index contributed by atoms with van der Waals surface area (Å²) >= 11 is 1.34. The number of nitrogens with zero attached hydrogens (tertiary/aromatic N) is 1. The fourth-order valence-corrected chi connectivity index (χ4v) is 3.67. The van der Waals surface area contributed by atoms with E-state index in [0.29, 0.717) is 5.56 Å². The van der Waals surface area contributed by atoms with Crippen molar-refractivity contribution in [2.24, 2.45) is 0 Å². The molecule has 4 heteroatoms. The summed E-state index contributed by atoms with van der Waals surface area (Å²) in [7, 11) is 0. The van der Waals surface area contributed by atoms with Gasteiger partial charge < -0.3 is 4.79 Å². The van der Waals surface area contributed by atoms with Gasteiger partial charge in [-0.05, 0) is 49.1 Å². The second kappa shape index (κ2) is 5.37. The quantitative estimate of drug-likeness (QED) is 0.626. The van der Waals surface area contributed by atoms with Crippen LogP contribution in [0.1, 0.15) is 33.1 Å². The number of amides is 1. The molecule has 1 amide bonds. The Morgan fingerprint density at radius 3 is 2.67 bits per heavy atom. The van der Waals surface area contributed by atoms with Gasteiger partial charge in [0.2, 0.25) is 0 Å². The zero-order chi connectivity index (χ0) is 15.0. The molecule has 1 aliphatic rings. The van der Waals surface area contributed by atoms with Crippen LogP contribution in [0.5, 0.6) is 0 Å². The summed E-state index contributed by atoms with van der Waals surface area (Å²) in [5, 5.41) is 0. The molecule has 0 radical (unpaired) electrons. The Kier molecular flexibility index (Phi) is 3.55. The van der Waals surface area contributed by atoms with Gasteiger partial charge in [-0.3, -0.25) is 9.10 Å². The Bertz CT molecular complexity index is 726. The zero-order valence-corrected chi connectivity index (χ0v) is 12.7. The molecule has 0 saturated carbocycles. The van der Waals surface area contributed by atoms with E-state index in [4.69, 9.17) is 0 Å². The van der Waals surface area contributed by atoms with E-state index in [1.165, 1.54) is 11.9 Å². The monoisotopic (exact) mass is 297 g/mol. The molecule has 1 atom stereocenters. The minimum absolute atomic E-state index is 0.120. The minimum Gasteiger partial charge on any atom is -0.301 e. The summed E-state index contributed by atoms with van der Waals surface area (Å²) in [5.74, 6) is -0.120. The summed E-state index contributed by atoms with van der Waals surface area (Å²) < 4.78 is 1.56. The number of carbonyl (C=O) groups excluding carboxylic acids is 2. The Morgan fingerprint density at radius 2 is 1.95 bits per heavy atom. The van der Waals surface area contributed by atoms with E-state index in [2.05, 4.69) is 0 Å². The third-order valence-corrected chi connectivity index (χ3v) is 4.79. The van der Waals surface area contributed by atoms with Crippen LogP contribution in [0.4, 0.5) is 0 Å². The predicted octanol–water partition coefficient (Wildman–Crippen LogP) is 3.71. The molecular weight excluding hydrogens is 282 g/mol. The van der Waals surface area contributed by atoms with Crippen LogP contribution in [0.15, 0.2) is 47.4 Å². The van der Waals surface area contributed by atoms with Crippen molar-refractivity contribution in [2.75, 3.05) is 0 Å². The lowest BCUT2D eigenvalue weighted by molar-refractivity contribution is -0.110. The third-order valence-electron chi connectivity index (χ3n) is 3.63. The topological polar surface area (TPSA) is 37.4 Å². The SMILES string of the molecule is Cc1ccc(C(=O)N2Sc3ccccc3C2C=O)c(C)c1. The number of hydrogen-bond acceptors (Lipinski definition) is 3. The van der Waals surface area contributed by atoms with Crippen molar-refractivity contribution in [3.63, 3.8) is 0 Å². The maximum Gasteiger partial charge on any atom is 0.265 e. The second-order valence-corrected chi connectivity index (χ2v) is 6.18.